The number of ether oxygens (including phenoxy) is 1. The monoisotopic (exact) mass is 211 g/mol. The number of halogens is 1. The van der Waals surface area contributed by atoms with Gasteiger partial charge < -0.3 is 10.5 Å². The Balaban J connectivity index is 3.11. The lowest BCUT2D eigenvalue weighted by molar-refractivity contribution is -0.118. The maximum atomic E-state index is 13.0. The molecule has 1 atom stereocenters. The van der Waals surface area contributed by atoms with E-state index in [0.717, 1.165) is 0 Å². The van der Waals surface area contributed by atoms with E-state index in [2.05, 4.69) is 0 Å². The van der Waals surface area contributed by atoms with E-state index in [1.807, 2.05) is 6.92 Å². The number of hydrogen-bond donors (Lipinski definition) is 1. The lowest BCUT2D eigenvalue weighted by Gasteiger charge is -2.14. The maximum absolute atomic E-state index is 13.0. The smallest absolute Gasteiger partial charge is 0.151 e. The summed E-state index contributed by atoms with van der Waals surface area (Å²) in [7, 11) is 0. The van der Waals surface area contributed by atoms with Gasteiger partial charge >= 0.3 is 0 Å². The number of rotatable bonds is 4. The number of nitrogens with two attached hydrogens (primary N) is 1. The van der Waals surface area contributed by atoms with Crippen LogP contribution in [0.4, 0.5) is 4.39 Å². The van der Waals surface area contributed by atoms with Crippen LogP contribution in [0.1, 0.15) is 25.5 Å². The van der Waals surface area contributed by atoms with Crippen molar-refractivity contribution >= 4 is 5.78 Å². The Labute approximate surface area is 88.0 Å². The summed E-state index contributed by atoms with van der Waals surface area (Å²) in [6, 6.07) is 3.16. The lowest BCUT2D eigenvalue weighted by atomic mass is 10.0. The Kier molecular flexibility index (Phi) is 3.80. The minimum Gasteiger partial charge on any atom is -0.494 e. The third-order valence-electron chi connectivity index (χ3n) is 2.04. The molecule has 0 aromatic heterocycles. The van der Waals surface area contributed by atoms with E-state index in [1.54, 1.807) is 0 Å². The molecule has 1 aromatic carbocycles. The van der Waals surface area contributed by atoms with Gasteiger partial charge in [0.2, 0.25) is 0 Å². The van der Waals surface area contributed by atoms with Gasteiger partial charge in [0.25, 0.3) is 0 Å². The second kappa shape index (κ2) is 4.89. The van der Waals surface area contributed by atoms with Crippen molar-refractivity contribution in [2.75, 3.05) is 6.61 Å². The number of hydrogen-bond acceptors (Lipinski definition) is 3. The van der Waals surface area contributed by atoms with Gasteiger partial charge in [-0.25, -0.2) is 4.39 Å². The predicted octanol–water partition coefficient (Wildman–Crippen LogP) is 1.81. The van der Waals surface area contributed by atoms with Gasteiger partial charge in [-0.05, 0) is 32.0 Å². The molecule has 15 heavy (non-hydrogen) atoms. The zero-order valence-electron chi connectivity index (χ0n) is 8.79. The zero-order valence-corrected chi connectivity index (χ0v) is 8.79. The Morgan fingerprint density at radius 1 is 1.60 bits per heavy atom. The topological polar surface area (TPSA) is 52.3 Å². The molecular formula is C11H14FNO2. The highest BCUT2D eigenvalue weighted by Crippen LogP contribution is 2.25. The minimum absolute atomic E-state index is 0.221. The second-order valence-corrected chi connectivity index (χ2v) is 3.20. The third kappa shape index (κ3) is 2.76. The molecule has 0 bridgehead atoms. The van der Waals surface area contributed by atoms with Crippen LogP contribution in [0.15, 0.2) is 18.2 Å². The van der Waals surface area contributed by atoms with Crippen LogP contribution in [0, 0.1) is 5.82 Å². The van der Waals surface area contributed by atoms with Crippen LogP contribution in [0.3, 0.4) is 0 Å². The molecule has 0 amide bonds. The van der Waals surface area contributed by atoms with Crippen molar-refractivity contribution < 1.29 is 13.9 Å². The molecule has 0 aliphatic heterocycles. The fourth-order valence-electron chi connectivity index (χ4n) is 1.27. The number of carbonyl (C=O) groups is 1. The van der Waals surface area contributed by atoms with Gasteiger partial charge in [-0.15, -0.1) is 0 Å². The average molecular weight is 211 g/mol. The van der Waals surface area contributed by atoms with Crippen LogP contribution >= 0.6 is 0 Å². The SMILES string of the molecule is CCOc1ccc(F)cc1C(N)C(C)=O. The van der Waals surface area contributed by atoms with E-state index in [9.17, 15) is 9.18 Å². The zero-order chi connectivity index (χ0) is 11.4. The Morgan fingerprint density at radius 3 is 2.80 bits per heavy atom. The van der Waals surface area contributed by atoms with Crippen molar-refractivity contribution in [2.45, 2.75) is 19.9 Å². The highest BCUT2D eigenvalue weighted by Gasteiger charge is 2.16. The summed E-state index contributed by atoms with van der Waals surface area (Å²) in [6.07, 6.45) is 0. The fourth-order valence-corrected chi connectivity index (χ4v) is 1.27. The molecule has 1 aromatic rings. The second-order valence-electron chi connectivity index (χ2n) is 3.20. The molecule has 1 rings (SSSR count). The molecule has 3 nitrogen and oxygen atoms in total. The molecule has 2 N–H and O–H groups in total. The highest BCUT2D eigenvalue weighted by atomic mass is 19.1. The van der Waals surface area contributed by atoms with Crippen LogP contribution in [0.2, 0.25) is 0 Å². The van der Waals surface area contributed by atoms with Gasteiger partial charge in [0, 0.05) is 5.56 Å². The van der Waals surface area contributed by atoms with Crippen LogP contribution in [-0.2, 0) is 4.79 Å². The summed E-state index contributed by atoms with van der Waals surface area (Å²) in [5.74, 6) is -0.187. The van der Waals surface area contributed by atoms with E-state index in [1.165, 1.54) is 25.1 Å². The molecular weight excluding hydrogens is 197 g/mol. The van der Waals surface area contributed by atoms with Crippen LogP contribution < -0.4 is 10.5 Å². The summed E-state index contributed by atoms with van der Waals surface area (Å²) in [5, 5.41) is 0. The number of benzene rings is 1. The summed E-state index contributed by atoms with van der Waals surface area (Å²) in [5.41, 5.74) is 6.03. The van der Waals surface area contributed by atoms with E-state index in [-0.39, 0.29) is 5.78 Å². The first-order valence-corrected chi connectivity index (χ1v) is 4.74. The van der Waals surface area contributed by atoms with Gasteiger partial charge in [0.15, 0.2) is 5.78 Å². The van der Waals surface area contributed by atoms with Gasteiger partial charge in [-0.2, -0.15) is 0 Å². The fraction of sp³-hybridized carbons (Fsp3) is 0.364. The third-order valence-corrected chi connectivity index (χ3v) is 2.04. The average Bonchev–Trinajstić information content (AvgIpc) is 2.20. The van der Waals surface area contributed by atoms with Gasteiger partial charge in [0.1, 0.15) is 11.6 Å². The van der Waals surface area contributed by atoms with E-state index in [4.69, 9.17) is 10.5 Å². The Morgan fingerprint density at radius 2 is 2.27 bits per heavy atom. The normalized spacial score (nSPS) is 12.3. The van der Waals surface area contributed by atoms with Crippen molar-refractivity contribution in [2.24, 2.45) is 5.73 Å². The van der Waals surface area contributed by atoms with Crippen LogP contribution in [0.25, 0.3) is 0 Å². The molecule has 0 spiro atoms. The summed E-state index contributed by atoms with van der Waals surface area (Å²) in [6.45, 7) is 3.63. The van der Waals surface area contributed by atoms with E-state index in [0.29, 0.717) is 17.9 Å². The quantitative estimate of drug-likeness (QED) is 0.826. The standard InChI is InChI=1S/C11H14FNO2/c1-3-15-10-5-4-8(12)6-9(10)11(13)7(2)14/h4-6,11H,3,13H2,1-2H3. The molecule has 0 heterocycles. The number of carbonyl (C=O) groups excluding carboxylic acids is 1. The summed E-state index contributed by atoms with van der Waals surface area (Å²) in [4.78, 5) is 11.1. The van der Waals surface area contributed by atoms with Crippen molar-refractivity contribution in [3.63, 3.8) is 0 Å². The minimum atomic E-state index is -0.831. The van der Waals surface area contributed by atoms with Crippen molar-refractivity contribution in [3.05, 3.63) is 29.6 Å². The first-order chi connectivity index (χ1) is 7.06. The van der Waals surface area contributed by atoms with Gasteiger partial charge in [0.05, 0.1) is 12.6 Å². The van der Waals surface area contributed by atoms with Gasteiger partial charge in [-0.3, -0.25) is 4.79 Å². The Bertz CT molecular complexity index is 366. The van der Waals surface area contributed by atoms with Crippen LogP contribution in [0.5, 0.6) is 5.75 Å². The van der Waals surface area contributed by atoms with E-state index >= 15 is 0 Å². The predicted molar refractivity (Wildman–Crippen MR) is 55.2 cm³/mol. The number of ketones is 1. The molecule has 0 radical (unpaired) electrons. The molecule has 0 fully saturated rings. The van der Waals surface area contributed by atoms with Crippen molar-refractivity contribution in [1.29, 1.82) is 0 Å². The van der Waals surface area contributed by atoms with Gasteiger partial charge in [-0.1, -0.05) is 0 Å². The number of Topliss-reactive ketones (excluding diaryl/α,β-unsaturated/α-hetero) is 1. The van der Waals surface area contributed by atoms with E-state index < -0.39 is 11.9 Å². The molecule has 4 heteroatoms. The molecule has 82 valence electrons. The van der Waals surface area contributed by atoms with Crippen LogP contribution in [-0.4, -0.2) is 12.4 Å². The maximum Gasteiger partial charge on any atom is 0.151 e. The highest BCUT2D eigenvalue weighted by molar-refractivity contribution is 5.83. The Hall–Kier alpha value is -1.42. The van der Waals surface area contributed by atoms with Crippen molar-refractivity contribution in [1.82, 2.24) is 0 Å². The van der Waals surface area contributed by atoms with Crippen molar-refractivity contribution in [3.8, 4) is 5.75 Å². The molecule has 0 aliphatic rings. The largest absolute Gasteiger partial charge is 0.494 e. The lowest BCUT2D eigenvalue weighted by Crippen LogP contribution is -2.19. The molecule has 0 aliphatic carbocycles. The first kappa shape index (κ1) is 11.7. The molecule has 0 saturated heterocycles. The first-order valence-electron chi connectivity index (χ1n) is 4.74. The molecule has 0 saturated carbocycles. The molecule has 1 unspecified atom stereocenters. The summed E-state index contributed by atoms with van der Waals surface area (Å²) < 4.78 is 18.3. The summed E-state index contributed by atoms with van der Waals surface area (Å²) >= 11 is 0.